The molecule has 4 heteroatoms. The Morgan fingerprint density at radius 1 is 1.47 bits per heavy atom. The number of carboxylic acid groups (broad SMARTS) is 1. The lowest BCUT2D eigenvalue weighted by Gasteiger charge is -2.25. The van der Waals surface area contributed by atoms with Crippen molar-refractivity contribution >= 4 is 5.97 Å². The third-order valence-electron chi connectivity index (χ3n) is 4.79. The van der Waals surface area contributed by atoms with Crippen molar-refractivity contribution < 1.29 is 9.90 Å². The van der Waals surface area contributed by atoms with Crippen LogP contribution in [0.15, 0.2) is 0 Å². The number of likely N-dealkylation sites (tertiary alicyclic amines) is 1. The molecule has 2 aliphatic rings. The molecular weight excluding hydrogens is 240 g/mol. The van der Waals surface area contributed by atoms with E-state index in [1.54, 1.807) is 0 Å². The summed E-state index contributed by atoms with van der Waals surface area (Å²) in [6.45, 7) is 5.64. The standard InChI is InChI=1S/C15H24N2O2/c1-15(2,10-16)7-4-8-17-9-11-5-3-6-12(11)13(17)14(18)19/h11-13H,3-9H2,1-2H3,(H,18,19). The largest absolute Gasteiger partial charge is 0.480 e. The SMILES string of the molecule is CC(C)(C#N)CCCN1CC2CCCC2C1C(=O)O. The smallest absolute Gasteiger partial charge is 0.321 e. The molecule has 106 valence electrons. The Kier molecular flexibility index (Phi) is 4.15. The topological polar surface area (TPSA) is 64.3 Å². The van der Waals surface area contributed by atoms with Crippen LogP contribution >= 0.6 is 0 Å². The van der Waals surface area contributed by atoms with E-state index in [1.165, 1.54) is 12.8 Å². The van der Waals surface area contributed by atoms with Gasteiger partial charge in [0.1, 0.15) is 6.04 Å². The number of nitrogens with zero attached hydrogens (tertiary/aromatic N) is 2. The summed E-state index contributed by atoms with van der Waals surface area (Å²) in [6, 6.07) is 2.03. The molecule has 2 rings (SSSR count). The molecule has 2 fully saturated rings. The van der Waals surface area contributed by atoms with Crippen LogP contribution in [0.5, 0.6) is 0 Å². The highest BCUT2D eigenvalue weighted by Crippen LogP contribution is 2.42. The second-order valence-electron chi connectivity index (χ2n) is 6.73. The molecule has 0 aromatic rings. The number of carboxylic acids is 1. The maximum absolute atomic E-state index is 11.5. The first-order valence-electron chi connectivity index (χ1n) is 7.33. The second-order valence-corrected chi connectivity index (χ2v) is 6.73. The van der Waals surface area contributed by atoms with Gasteiger partial charge in [-0.05, 0) is 57.9 Å². The summed E-state index contributed by atoms with van der Waals surface area (Å²) in [4.78, 5) is 13.6. The molecule has 3 atom stereocenters. The summed E-state index contributed by atoms with van der Waals surface area (Å²) in [6.07, 6.45) is 5.19. The molecule has 4 nitrogen and oxygen atoms in total. The number of aliphatic carboxylic acids is 1. The van der Waals surface area contributed by atoms with Gasteiger partial charge < -0.3 is 5.11 Å². The minimum Gasteiger partial charge on any atom is -0.480 e. The fraction of sp³-hybridized carbons (Fsp3) is 0.867. The molecule has 1 saturated carbocycles. The van der Waals surface area contributed by atoms with E-state index in [2.05, 4.69) is 11.0 Å². The van der Waals surface area contributed by atoms with Crippen LogP contribution < -0.4 is 0 Å². The van der Waals surface area contributed by atoms with Crippen molar-refractivity contribution in [3.05, 3.63) is 0 Å². The predicted molar refractivity (Wildman–Crippen MR) is 72.5 cm³/mol. The van der Waals surface area contributed by atoms with Crippen molar-refractivity contribution in [2.24, 2.45) is 17.3 Å². The molecule has 0 spiro atoms. The van der Waals surface area contributed by atoms with E-state index in [-0.39, 0.29) is 11.5 Å². The van der Waals surface area contributed by atoms with Crippen molar-refractivity contribution in [3.63, 3.8) is 0 Å². The average molecular weight is 264 g/mol. The summed E-state index contributed by atoms with van der Waals surface area (Å²) < 4.78 is 0. The monoisotopic (exact) mass is 264 g/mol. The number of hydrogen-bond acceptors (Lipinski definition) is 3. The Hall–Kier alpha value is -1.08. The van der Waals surface area contributed by atoms with Gasteiger partial charge in [0.2, 0.25) is 0 Å². The zero-order chi connectivity index (χ0) is 14.0. The fourth-order valence-electron chi connectivity index (χ4n) is 3.74. The van der Waals surface area contributed by atoms with E-state index < -0.39 is 5.97 Å². The molecule has 1 saturated heterocycles. The van der Waals surface area contributed by atoms with Crippen molar-refractivity contribution in [1.82, 2.24) is 4.90 Å². The summed E-state index contributed by atoms with van der Waals surface area (Å²) >= 11 is 0. The quantitative estimate of drug-likeness (QED) is 0.828. The van der Waals surface area contributed by atoms with Crippen LogP contribution in [0, 0.1) is 28.6 Å². The summed E-state index contributed by atoms with van der Waals surface area (Å²) in [5.74, 6) is 0.292. The lowest BCUT2D eigenvalue weighted by molar-refractivity contribution is -0.143. The van der Waals surface area contributed by atoms with Gasteiger partial charge in [0.05, 0.1) is 11.5 Å². The van der Waals surface area contributed by atoms with Gasteiger partial charge in [-0.1, -0.05) is 6.42 Å². The van der Waals surface area contributed by atoms with E-state index in [0.717, 1.165) is 32.4 Å². The number of rotatable bonds is 5. The predicted octanol–water partition coefficient (Wildman–Crippen LogP) is 2.50. The van der Waals surface area contributed by atoms with Crippen molar-refractivity contribution in [2.75, 3.05) is 13.1 Å². The maximum Gasteiger partial charge on any atom is 0.321 e. The number of carbonyl (C=O) groups is 1. The Balaban J connectivity index is 1.90. The number of hydrogen-bond donors (Lipinski definition) is 1. The fourth-order valence-corrected chi connectivity index (χ4v) is 3.74. The van der Waals surface area contributed by atoms with Crippen LogP contribution in [0.3, 0.4) is 0 Å². The van der Waals surface area contributed by atoms with Crippen LogP contribution in [-0.4, -0.2) is 35.1 Å². The first-order chi connectivity index (χ1) is 8.94. The van der Waals surface area contributed by atoms with Gasteiger partial charge in [0.15, 0.2) is 0 Å². The first kappa shape index (κ1) is 14.3. The van der Waals surface area contributed by atoms with Gasteiger partial charge in [0, 0.05) is 6.54 Å². The molecule has 19 heavy (non-hydrogen) atoms. The first-order valence-corrected chi connectivity index (χ1v) is 7.33. The van der Waals surface area contributed by atoms with Crippen LogP contribution in [0.1, 0.15) is 46.0 Å². The van der Waals surface area contributed by atoms with Crippen LogP contribution in [0.2, 0.25) is 0 Å². The molecule has 1 heterocycles. The van der Waals surface area contributed by atoms with Crippen molar-refractivity contribution in [3.8, 4) is 6.07 Å². The molecule has 0 aromatic heterocycles. The van der Waals surface area contributed by atoms with Gasteiger partial charge in [0.25, 0.3) is 0 Å². The van der Waals surface area contributed by atoms with E-state index in [9.17, 15) is 9.90 Å². The van der Waals surface area contributed by atoms with E-state index in [1.807, 2.05) is 13.8 Å². The normalized spacial score (nSPS) is 31.1. The van der Waals surface area contributed by atoms with Crippen LogP contribution in [-0.2, 0) is 4.79 Å². The Bertz CT molecular complexity index is 386. The molecule has 0 bridgehead atoms. The minimum absolute atomic E-state index is 0.280. The lowest BCUT2D eigenvalue weighted by Crippen LogP contribution is -2.40. The number of nitriles is 1. The average Bonchev–Trinajstić information content (AvgIpc) is 2.88. The summed E-state index contributed by atoms with van der Waals surface area (Å²) in [5, 5.41) is 18.4. The zero-order valence-electron chi connectivity index (χ0n) is 11.9. The van der Waals surface area contributed by atoms with Gasteiger partial charge in [-0.25, -0.2) is 0 Å². The van der Waals surface area contributed by atoms with Crippen molar-refractivity contribution in [1.29, 1.82) is 5.26 Å². The van der Waals surface area contributed by atoms with Crippen LogP contribution in [0.4, 0.5) is 0 Å². The molecule has 1 aliphatic carbocycles. The van der Waals surface area contributed by atoms with Gasteiger partial charge in [-0.2, -0.15) is 5.26 Å². The minimum atomic E-state index is -0.658. The third-order valence-corrected chi connectivity index (χ3v) is 4.79. The Morgan fingerprint density at radius 3 is 2.84 bits per heavy atom. The third kappa shape index (κ3) is 3.09. The van der Waals surface area contributed by atoms with Gasteiger partial charge >= 0.3 is 5.97 Å². The lowest BCUT2D eigenvalue weighted by atomic mass is 9.89. The zero-order valence-corrected chi connectivity index (χ0v) is 11.9. The molecule has 0 radical (unpaired) electrons. The second kappa shape index (κ2) is 5.50. The maximum atomic E-state index is 11.5. The molecular formula is C15H24N2O2. The highest BCUT2D eigenvalue weighted by atomic mass is 16.4. The molecule has 1 N–H and O–H groups in total. The van der Waals surface area contributed by atoms with Gasteiger partial charge in [-0.15, -0.1) is 0 Å². The number of fused-ring (bicyclic) bond motifs is 1. The van der Waals surface area contributed by atoms with E-state index >= 15 is 0 Å². The van der Waals surface area contributed by atoms with E-state index in [0.29, 0.717) is 11.8 Å². The Morgan fingerprint density at radius 2 is 2.21 bits per heavy atom. The molecule has 0 amide bonds. The van der Waals surface area contributed by atoms with Crippen molar-refractivity contribution in [2.45, 2.75) is 52.0 Å². The Labute approximate surface area is 115 Å². The summed E-state index contributed by atoms with van der Waals surface area (Å²) in [7, 11) is 0. The molecule has 3 unspecified atom stereocenters. The molecule has 0 aromatic carbocycles. The van der Waals surface area contributed by atoms with Gasteiger partial charge in [-0.3, -0.25) is 9.69 Å². The summed E-state index contributed by atoms with van der Waals surface area (Å²) in [5.41, 5.74) is -0.297. The molecule has 1 aliphatic heterocycles. The highest BCUT2D eigenvalue weighted by molar-refractivity contribution is 5.74. The van der Waals surface area contributed by atoms with Crippen LogP contribution in [0.25, 0.3) is 0 Å². The van der Waals surface area contributed by atoms with E-state index in [4.69, 9.17) is 5.26 Å². The highest BCUT2D eigenvalue weighted by Gasteiger charge is 2.47.